The molecule has 3 fully saturated rings. The predicted molar refractivity (Wildman–Crippen MR) is 501 cm³/mol. The van der Waals surface area contributed by atoms with Gasteiger partial charge < -0.3 is 78.9 Å². The van der Waals surface area contributed by atoms with Crippen LogP contribution in [-0.2, 0) is 114 Å². The normalized spacial score (nSPS) is 20.2. The maximum atomic E-state index is 16.0. The van der Waals surface area contributed by atoms with Gasteiger partial charge in [0.2, 0.25) is 53.5 Å². The highest BCUT2D eigenvalue weighted by Gasteiger charge is 2.64. The zero-order chi connectivity index (χ0) is 105. The van der Waals surface area contributed by atoms with Gasteiger partial charge in [-0.25, -0.2) is 41.8 Å². The van der Waals surface area contributed by atoms with Crippen LogP contribution in [0.2, 0.25) is 0 Å². The number of nitrogen functional groups attached to an aromatic ring is 3. The first-order valence-electron chi connectivity index (χ1n) is 44.1. The molecule has 0 radical (unpaired) electrons. The van der Waals surface area contributed by atoms with Crippen LogP contribution in [0.15, 0.2) is 294 Å². The Hall–Kier alpha value is -13.7. The number of para-hydroxylation sites is 2. The van der Waals surface area contributed by atoms with Crippen molar-refractivity contribution in [3.63, 3.8) is 0 Å². The third-order valence-electron chi connectivity index (χ3n) is 21.3. The maximum Gasteiger partial charge on any atom is 0.459 e. The van der Waals surface area contributed by atoms with Crippen molar-refractivity contribution in [2.45, 2.75) is 151 Å². The van der Waals surface area contributed by atoms with Crippen LogP contribution in [0.4, 0.5) is 65.7 Å². The van der Waals surface area contributed by atoms with Crippen molar-refractivity contribution in [3.8, 4) is 17.2 Å². The van der Waals surface area contributed by atoms with E-state index < -0.39 is 210 Å². The first-order chi connectivity index (χ1) is 69.6. The summed E-state index contributed by atoms with van der Waals surface area (Å²) in [6.45, 7) is 1.19. The Bertz CT molecular complexity index is 6680. The molecule has 0 spiro atoms. The van der Waals surface area contributed by atoms with Gasteiger partial charge in [-0.05, 0) is 96.6 Å². The van der Waals surface area contributed by atoms with Crippen LogP contribution in [0.3, 0.4) is 0 Å². The van der Waals surface area contributed by atoms with Crippen molar-refractivity contribution in [3.05, 3.63) is 373 Å². The molecular formula is C96H96F11N12O24P3. The van der Waals surface area contributed by atoms with E-state index >= 15 is 8.78 Å². The Balaban J connectivity index is 0.000000177. The lowest BCUT2D eigenvalue weighted by molar-refractivity contribution is -0.157. The number of hydrogen-bond donors (Lipinski definition) is 8. The average Bonchev–Trinajstić information content (AvgIpc) is 1.63. The molecule has 0 bridgehead atoms. The molecule has 3 saturated heterocycles. The number of nitrogens with zero attached hydrogens (tertiary/aromatic N) is 6. The zero-order valence-corrected chi connectivity index (χ0v) is 79.8. The number of alkyl halides is 6. The number of aliphatic hydroxyl groups excluding tert-OH is 2. The van der Waals surface area contributed by atoms with E-state index in [0.29, 0.717) is 36.0 Å². The van der Waals surface area contributed by atoms with Crippen LogP contribution in [-0.4, -0.2) is 149 Å². The summed E-state index contributed by atoms with van der Waals surface area (Å²) < 4.78 is 273. The Morgan fingerprint density at radius 1 is 0.390 bits per heavy atom. The minimum Gasteiger partial charge on any atom is -0.460 e. The number of carbonyl (C=O) groups is 3. The number of rotatable bonds is 39. The molecule has 0 aliphatic carbocycles. The molecule has 3 aromatic heterocycles. The lowest BCUT2D eigenvalue weighted by atomic mass is 10.1. The van der Waals surface area contributed by atoms with Gasteiger partial charge in [0, 0.05) is 18.6 Å². The fourth-order valence-corrected chi connectivity index (χ4v) is 19.1. The summed E-state index contributed by atoms with van der Waals surface area (Å²) in [4.78, 5) is 84.6. The molecule has 36 nitrogen and oxygen atoms in total. The highest BCUT2D eigenvalue weighted by Crippen LogP contribution is 2.53. The van der Waals surface area contributed by atoms with Gasteiger partial charge in [-0.15, -0.1) is 0 Å². The SMILES string of the molecule is C[C@H](N[P@@](=O)(Cc1ccccc1)Oc1c(F)c(F)c(F)c(F)c1F)C(=O)OCc1ccccc1.C[C@H](N[P@@](=O)(OC[C@H]1O[C@@H](n2ccc(N)nc2=O)C(F)(F)[C@@H]1O)Oc1ccccc1)C(=O)OCc1ccccc1.C[C@H](N[P@@](=O)(OC[C@H]1O[C@@H](n2ccc(N)nc2=O)C(F)(F)[C@@H]1OCc1ccccc1)Oc1ccccc1)C(=O)OCc1ccccc1.Nc1ccn([C@@H]2O[C@H](CO)[C@@H](OCc3ccccc3)C2(F)F)c(=O)n1. The van der Waals surface area contributed by atoms with E-state index in [9.17, 15) is 92.2 Å². The number of ether oxygens (including phenoxy) is 8. The van der Waals surface area contributed by atoms with Crippen LogP contribution in [0.25, 0.3) is 0 Å². The number of nitrogens with one attached hydrogen (secondary N) is 3. The van der Waals surface area contributed by atoms with E-state index in [2.05, 4.69) is 30.2 Å². The summed E-state index contributed by atoms with van der Waals surface area (Å²) in [6, 6.07) is 67.1. The van der Waals surface area contributed by atoms with Crippen molar-refractivity contribution in [1.29, 1.82) is 0 Å². The van der Waals surface area contributed by atoms with Gasteiger partial charge >= 0.3 is 75.8 Å². The van der Waals surface area contributed by atoms with Crippen molar-refractivity contribution in [2.75, 3.05) is 37.0 Å². The molecule has 776 valence electrons. The molecule has 0 amide bonds. The smallest absolute Gasteiger partial charge is 0.459 e. The molecule has 50 heteroatoms. The Morgan fingerprint density at radius 2 is 0.671 bits per heavy atom. The third-order valence-corrected chi connectivity index (χ3v) is 26.7. The van der Waals surface area contributed by atoms with E-state index in [1.807, 2.05) is 6.07 Å². The van der Waals surface area contributed by atoms with Crippen LogP contribution in [0.1, 0.15) is 72.8 Å². The van der Waals surface area contributed by atoms with Gasteiger partial charge in [0.1, 0.15) is 85.2 Å². The molecule has 0 saturated carbocycles. The number of carbonyl (C=O) groups excluding carboxylic acids is 3. The quantitative estimate of drug-likeness (QED) is 0.00443. The number of aromatic nitrogens is 6. The molecular weight excluding hydrogens is 2010 g/mol. The van der Waals surface area contributed by atoms with Crippen molar-refractivity contribution in [1.82, 2.24) is 43.9 Å². The summed E-state index contributed by atoms with van der Waals surface area (Å²) in [5, 5.41) is 26.9. The minimum absolute atomic E-state index is 0.0391. The van der Waals surface area contributed by atoms with E-state index in [4.69, 9.17) is 77.7 Å². The lowest BCUT2D eigenvalue weighted by Crippen LogP contribution is -2.43. The van der Waals surface area contributed by atoms with Crippen molar-refractivity contribution >= 4 is 58.4 Å². The van der Waals surface area contributed by atoms with E-state index in [1.54, 1.807) is 200 Å². The lowest BCUT2D eigenvalue weighted by Gasteiger charge is -2.26. The van der Waals surface area contributed by atoms with Crippen LogP contribution in [0.5, 0.6) is 17.2 Å². The predicted octanol–water partition coefficient (Wildman–Crippen LogP) is 14.3. The van der Waals surface area contributed by atoms with Gasteiger partial charge in [0.15, 0.2) is 18.3 Å². The molecule has 3 aliphatic rings. The van der Waals surface area contributed by atoms with Gasteiger partial charge in [-0.3, -0.25) is 41.7 Å². The largest absolute Gasteiger partial charge is 0.460 e. The molecule has 11 N–H and O–H groups in total. The second-order valence-electron chi connectivity index (χ2n) is 32.3. The van der Waals surface area contributed by atoms with E-state index in [1.165, 1.54) is 69.3 Å². The van der Waals surface area contributed by atoms with Crippen LogP contribution in [0, 0.1) is 29.1 Å². The Kier molecular flexibility index (Phi) is 38.3. The number of nitrogens with two attached hydrogens (primary N) is 3. The summed E-state index contributed by atoms with van der Waals surface area (Å²) in [5.74, 6) is -27.2. The highest BCUT2D eigenvalue weighted by molar-refractivity contribution is 7.56. The Morgan fingerprint density at radius 3 is 1.01 bits per heavy atom. The highest BCUT2D eigenvalue weighted by atomic mass is 31.2. The topological polar surface area (TPSA) is 482 Å². The van der Waals surface area contributed by atoms with Gasteiger partial charge in [0.05, 0.1) is 39.2 Å². The Labute approximate surface area is 824 Å². The van der Waals surface area contributed by atoms with Gasteiger partial charge in [-0.1, -0.05) is 218 Å². The summed E-state index contributed by atoms with van der Waals surface area (Å²) >= 11 is 0. The monoisotopic (exact) mass is 2100 g/mol. The first-order valence-corrected chi connectivity index (χ1v) is 49.0. The fraction of sp³-hybridized carbons (Fsp3) is 0.281. The number of anilines is 3. The number of esters is 3. The second-order valence-corrected chi connectivity index (χ2v) is 37.8. The number of halogens is 11. The summed E-state index contributed by atoms with van der Waals surface area (Å²) in [5.41, 5.74) is 16.9. The maximum absolute atomic E-state index is 16.0. The number of aliphatic hydroxyl groups is 2. The molecule has 9 aromatic carbocycles. The second kappa shape index (κ2) is 50.4. The van der Waals surface area contributed by atoms with Gasteiger partial charge in [0.25, 0.3) is 0 Å². The summed E-state index contributed by atoms with van der Waals surface area (Å²) in [6.07, 6.45) is -14.6. The molecule has 0 unspecified atom stereocenters. The standard InChI is InChI=1S/C32H33F2N4O8P.C25H27F2N4O8P.C23H19F5NO4P.C16H17F2N3O4/c1-22(29(39)43-20-24-13-7-3-8-14-24)37-47(41,46-25-15-9-4-10-16-25)44-21-26-28(42-19-23-11-5-2-6-12-23)32(33,34)30(45-26)38-18-17-27(35)36-31(38)40;1-16(22(33)36-14-17-8-4-2-5-9-17)30-40(35,39-18-10-6-3-7-11-18)37-15-19-21(32)25(26,27)23(38-19)31-13-12-20(28)29-24(31)34;1-14(23(30)32-12-15-8-4-2-5-9-15)29-34(31,13-16-10-6-3-7-11-16)33-22-20(27)18(25)17(24)19(26)21(22)28;17-16(18)13(24-9-10-4-2-1-3-5-10)11(8-22)25-14(16)21-7-6-12(19)20-15(21)23/h2-18,22,26,28,30H,19-21H2,1H3,(H,37,41)(H2,35,36,40);2-13,16,19,21,23,32H,14-15H2,1H3,(H,30,35)(H2,28,29,34);2-11,14H,12-13H2,1H3,(H,29,31);1-7,11,13-14,22H,8-9H2,(H2,19,20,23)/t22-,26+,28+,30+,47+;16-,19+,21+,23+,40+;14-,34+;11-,13-,14-/m0001/s1. The average molecular weight is 2100 g/mol. The molecule has 3 aliphatic heterocycles. The minimum atomic E-state index is -4.48. The van der Waals surface area contributed by atoms with Crippen molar-refractivity contribution < 1.29 is 147 Å². The number of hydrogen-bond acceptors (Lipinski definition) is 30. The van der Waals surface area contributed by atoms with E-state index in [0.717, 1.165) is 35.8 Å². The molecule has 146 heavy (non-hydrogen) atoms. The van der Waals surface area contributed by atoms with Crippen LogP contribution >= 0.6 is 23.0 Å². The molecule has 6 heterocycles. The first kappa shape index (κ1) is 111. The van der Waals surface area contributed by atoms with Gasteiger partial charge in [-0.2, -0.15) is 60.2 Å². The van der Waals surface area contributed by atoms with Crippen molar-refractivity contribution in [2.24, 2.45) is 0 Å². The fourth-order valence-electron chi connectivity index (χ4n) is 14.1. The van der Waals surface area contributed by atoms with Crippen LogP contribution < -0.4 is 63.1 Å². The molecule has 15 atom stereocenters. The third kappa shape index (κ3) is 29.6. The number of benzene rings is 9. The summed E-state index contributed by atoms with van der Waals surface area (Å²) in [7, 11) is -13.4. The molecule has 15 rings (SSSR count). The molecule has 12 aromatic rings. The van der Waals surface area contributed by atoms with E-state index in [-0.39, 0.29) is 62.0 Å². The zero-order valence-electron chi connectivity index (χ0n) is 77.1.